The van der Waals surface area contributed by atoms with E-state index in [1.54, 1.807) is 30.4 Å². The molecule has 86 valence electrons. The maximum absolute atomic E-state index is 7.37. The maximum atomic E-state index is 7.37. The Morgan fingerprint density at radius 3 is 2.76 bits per heavy atom. The van der Waals surface area contributed by atoms with E-state index < -0.39 is 0 Å². The van der Waals surface area contributed by atoms with Gasteiger partial charge in [-0.25, -0.2) is 4.98 Å². The minimum Gasteiger partial charge on any atom is -0.384 e. The SMILES string of the molecule is Cc1cc(C(=N)N)ccc1Sc1cnccn1. The van der Waals surface area contributed by atoms with Gasteiger partial charge in [-0.3, -0.25) is 10.4 Å². The van der Waals surface area contributed by atoms with Crippen LogP contribution >= 0.6 is 11.8 Å². The van der Waals surface area contributed by atoms with E-state index in [0.717, 1.165) is 21.0 Å². The summed E-state index contributed by atoms with van der Waals surface area (Å²) in [6.07, 6.45) is 5.04. The number of benzene rings is 1. The van der Waals surface area contributed by atoms with Crippen molar-refractivity contribution in [2.45, 2.75) is 16.8 Å². The average molecular weight is 244 g/mol. The molecule has 0 saturated carbocycles. The van der Waals surface area contributed by atoms with Crippen LogP contribution in [-0.2, 0) is 0 Å². The van der Waals surface area contributed by atoms with Gasteiger partial charge >= 0.3 is 0 Å². The quantitative estimate of drug-likeness (QED) is 0.641. The Labute approximate surface area is 104 Å². The van der Waals surface area contributed by atoms with E-state index in [1.165, 1.54) is 0 Å². The number of nitrogens with zero attached hydrogens (tertiary/aromatic N) is 2. The minimum absolute atomic E-state index is 0.0872. The second kappa shape index (κ2) is 4.97. The normalized spacial score (nSPS) is 10.2. The van der Waals surface area contributed by atoms with Crippen LogP contribution in [0.5, 0.6) is 0 Å². The molecule has 0 saturated heterocycles. The first-order chi connectivity index (χ1) is 8.16. The standard InChI is InChI=1S/C12H12N4S/c1-8-6-9(12(13)14)2-3-10(8)17-11-7-15-4-5-16-11/h2-7H,1H3,(H3,13,14). The smallest absolute Gasteiger partial charge is 0.122 e. The lowest BCUT2D eigenvalue weighted by Crippen LogP contribution is -2.10. The molecule has 0 bridgehead atoms. The highest BCUT2D eigenvalue weighted by Gasteiger charge is 2.04. The lowest BCUT2D eigenvalue weighted by molar-refractivity contribution is 1.05. The van der Waals surface area contributed by atoms with Gasteiger partial charge in [0.05, 0.1) is 6.20 Å². The Kier molecular flexibility index (Phi) is 3.39. The third-order valence-electron chi connectivity index (χ3n) is 2.24. The summed E-state index contributed by atoms with van der Waals surface area (Å²) in [5, 5.41) is 8.23. The van der Waals surface area contributed by atoms with Gasteiger partial charge in [-0.2, -0.15) is 0 Å². The summed E-state index contributed by atoms with van der Waals surface area (Å²) in [5.74, 6) is 0.0872. The van der Waals surface area contributed by atoms with Crippen molar-refractivity contribution in [3.05, 3.63) is 47.9 Å². The van der Waals surface area contributed by atoms with Crippen LogP contribution in [0.15, 0.2) is 46.7 Å². The van der Waals surface area contributed by atoms with E-state index in [0.29, 0.717) is 0 Å². The molecule has 2 rings (SSSR count). The van der Waals surface area contributed by atoms with Crippen LogP contribution in [0.3, 0.4) is 0 Å². The van der Waals surface area contributed by atoms with Crippen molar-refractivity contribution in [2.75, 3.05) is 0 Å². The molecule has 5 heteroatoms. The number of hydrogen-bond donors (Lipinski definition) is 2. The molecule has 0 aliphatic heterocycles. The van der Waals surface area contributed by atoms with E-state index in [-0.39, 0.29) is 5.84 Å². The lowest BCUT2D eigenvalue weighted by Gasteiger charge is -2.06. The number of nitrogens with one attached hydrogen (secondary N) is 1. The second-order valence-electron chi connectivity index (χ2n) is 3.54. The number of aryl methyl sites for hydroxylation is 1. The summed E-state index contributed by atoms with van der Waals surface area (Å²) in [4.78, 5) is 9.32. The van der Waals surface area contributed by atoms with Gasteiger partial charge in [-0.1, -0.05) is 17.8 Å². The molecule has 1 aromatic heterocycles. The Balaban J connectivity index is 2.26. The van der Waals surface area contributed by atoms with Gasteiger partial charge in [0.2, 0.25) is 0 Å². The summed E-state index contributed by atoms with van der Waals surface area (Å²) in [6.45, 7) is 1.99. The topological polar surface area (TPSA) is 75.7 Å². The van der Waals surface area contributed by atoms with Crippen LogP contribution in [0.2, 0.25) is 0 Å². The van der Waals surface area contributed by atoms with Crippen molar-refractivity contribution >= 4 is 17.6 Å². The van der Waals surface area contributed by atoms with Crippen LogP contribution in [0.4, 0.5) is 0 Å². The molecule has 0 unspecified atom stereocenters. The number of amidine groups is 1. The Bertz CT molecular complexity index is 539. The first kappa shape index (κ1) is 11.6. The number of nitrogen functional groups attached to an aromatic ring is 1. The van der Waals surface area contributed by atoms with Gasteiger partial charge in [0.25, 0.3) is 0 Å². The van der Waals surface area contributed by atoms with Crippen LogP contribution in [0.25, 0.3) is 0 Å². The van der Waals surface area contributed by atoms with Crippen molar-refractivity contribution in [1.29, 1.82) is 5.41 Å². The molecule has 0 fully saturated rings. The second-order valence-corrected chi connectivity index (χ2v) is 4.60. The lowest BCUT2D eigenvalue weighted by atomic mass is 10.1. The molecule has 17 heavy (non-hydrogen) atoms. The summed E-state index contributed by atoms with van der Waals surface area (Å²) in [7, 11) is 0. The predicted molar refractivity (Wildman–Crippen MR) is 68.4 cm³/mol. The molecule has 4 nitrogen and oxygen atoms in total. The van der Waals surface area contributed by atoms with Gasteiger partial charge < -0.3 is 5.73 Å². The predicted octanol–water partition coefficient (Wildman–Crippen LogP) is 2.22. The van der Waals surface area contributed by atoms with Crippen LogP contribution < -0.4 is 5.73 Å². The Morgan fingerprint density at radius 1 is 1.35 bits per heavy atom. The van der Waals surface area contributed by atoms with Gasteiger partial charge in [0.1, 0.15) is 10.9 Å². The van der Waals surface area contributed by atoms with E-state index in [2.05, 4.69) is 9.97 Å². The fraction of sp³-hybridized carbons (Fsp3) is 0.0833. The molecule has 3 N–H and O–H groups in total. The number of aromatic nitrogens is 2. The summed E-state index contributed by atoms with van der Waals surface area (Å²) in [6, 6.07) is 5.69. The number of hydrogen-bond acceptors (Lipinski definition) is 4. The highest BCUT2D eigenvalue weighted by atomic mass is 32.2. The molecule has 0 radical (unpaired) electrons. The first-order valence-electron chi connectivity index (χ1n) is 5.06. The van der Waals surface area contributed by atoms with Crippen LogP contribution in [0.1, 0.15) is 11.1 Å². The van der Waals surface area contributed by atoms with Gasteiger partial charge in [-0.05, 0) is 24.6 Å². The molecule has 1 heterocycles. The van der Waals surface area contributed by atoms with E-state index in [1.807, 2.05) is 25.1 Å². The Hall–Kier alpha value is -1.88. The highest BCUT2D eigenvalue weighted by Crippen LogP contribution is 2.28. The Morgan fingerprint density at radius 2 is 2.18 bits per heavy atom. The minimum atomic E-state index is 0.0872. The summed E-state index contributed by atoms with van der Waals surface area (Å²) >= 11 is 1.55. The third kappa shape index (κ3) is 2.82. The monoisotopic (exact) mass is 244 g/mol. The van der Waals surface area contributed by atoms with E-state index >= 15 is 0 Å². The number of nitrogens with two attached hydrogens (primary N) is 1. The first-order valence-corrected chi connectivity index (χ1v) is 5.87. The van der Waals surface area contributed by atoms with Crippen molar-refractivity contribution in [2.24, 2.45) is 5.73 Å². The summed E-state index contributed by atoms with van der Waals surface area (Å²) < 4.78 is 0. The fourth-order valence-corrected chi connectivity index (χ4v) is 2.19. The van der Waals surface area contributed by atoms with Crippen molar-refractivity contribution in [3.63, 3.8) is 0 Å². The molecular formula is C12H12N4S. The van der Waals surface area contributed by atoms with E-state index in [9.17, 15) is 0 Å². The van der Waals surface area contributed by atoms with Gasteiger partial charge in [-0.15, -0.1) is 0 Å². The fourth-order valence-electron chi connectivity index (χ4n) is 1.38. The molecule has 2 aromatic rings. The summed E-state index contributed by atoms with van der Waals surface area (Å²) in [5.41, 5.74) is 7.26. The molecule has 0 aliphatic rings. The third-order valence-corrected chi connectivity index (χ3v) is 3.34. The van der Waals surface area contributed by atoms with Gasteiger partial charge in [0, 0.05) is 22.9 Å². The zero-order valence-electron chi connectivity index (χ0n) is 9.34. The van der Waals surface area contributed by atoms with Crippen LogP contribution in [-0.4, -0.2) is 15.8 Å². The van der Waals surface area contributed by atoms with Crippen molar-refractivity contribution in [1.82, 2.24) is 9.97 Å². The van der Waals surface area contributed by atoms with E-state index in [4.69, 9.17) is 11.1 Å². The molecule has 0 spiro atoms. The molecular weight excluding hydrogens is 232 g/mol. The largest absolute Gasteiger partial charge is 0.384 e. The molecule has 0 atom stereocenters. The maximum Gasteiger partial charge on any atom is 0.122 e. The van der Waals surface area contributed by atoms with Crippen molar-refractivity contribution in [3.8, 4) is 0 Å². The van der Waals surface area contributed by atoms with Crippen molar-refractivity contribution < 1.29 is 0 Å². The molecule has 1 aromatic carbocycles. The zero-order chi connectivity index (χ0) is 12.3. The van der Waals surface area contributed by atoms with Crippen LogP contribution in [0, 0.1) is 12.3 Å². The average Bonchev–Trinajstić information content (AvgIpc) is 2.33. The molecule has 0 aliphatic carbocycles. The van der Waals surface area contributed by atoms with Gasteiger partial charge in [0.15, 0.2) is 0 Å². The molecule has 0 amide bonds. The zero-order valence-corrected chi connectivity index (χ0v) is 10.2. The highest BCUT2D eigenvalue weighted by molar-refractivity contribution is 7.99. The number of rotatable bonds is 3.